The Balaban J connectivity index is 3.51. The Kier molecular flexibility index (Phi) is 4.24. The van der Waals surface area contributed by atoms with Crippen LogP contribution >= 0.6 is 0 Å². The third-order valence-electron chi connectivity index (χ3n) is 1.57. The molecule has 0 heterocycles. The number of ether oxygens (including phenoxy) is 1. The fourth-order valence-corrected chi connectivity index (χ4v) is 0.613. The third-order valence-corrected chi connectivity index (χ3v) is 1.57. The molecule has 0 aliphatic rings. The van der Waals surface area contributed by atoms with Gasteiger partial charge in [-0.15, -0.1) is 0 Å². The van der Waals surface area contributed by atoms with Crippen LogP contribution in [0.25, 0.3) is 0 Å². The molecular formula is C9H18O3. The van der Waals surface area contributed by atoms with Gasteiger partial charge in [-0.2, -0.15) is 0 Å². The highest BCUT2D eigenvalue weighted by molar-refractivity contribution is 5.71. The molecule has 0 radical (unpaired) electrons. The molecule has 1 N–H and O–H groups in total. The molecule has 0 aliphatic heterocycles. The van der Waals surface area contributed by atoms with Crippen molar-refractivity contribution in [1.82, 2.24) is 0 Å². The number of aliphatic carboxylic acids is 1. The fourth-order valence-electron chi connectivity index (χ4n) is 0.613. The summed E-state index contributed by atoms with van der Waals surface area (Å²) in [4.78, 5) is 10.3. The Morgan fingerprint density at radius 1 is 1.50 bits per heavy atom. The number of carboxylic acid groups (broad SMARTS) is 1. The fraction of sp³-hybridized carbons (Fsp3) is 0.889. The molecule has 0 spiro atoms. The van der Waals surface area contributed by atoms with Gasteiger partial charge in [0.25, 0.3) is 0 Å². The summed E-state index contributed by atoms with van der Waals surface area (Å²) in [5.41, 5.74) is 0.207. The molecule has 0 rings (SSSR count). The van der Waals surface area contributed by atoms with Crippen molar-refractivity contribution in [1.29, 1.82) is 0 Å². The summed E-state index contributed by atoms with van der Waals surface area (Å²) < 4.78 is 5.08. The highest BCUT2D eigenvalue weighted by Gasteiger charge is 2.14. The Bertz CT molecular complexity index is 146. The van der Waals surface area contributed by atoms with Gasteiger partial charge in [0.05, 0.1) is 0 Å². The van der Waals surface area contributed by atoms with Gasteiger partial charge in [-0.05, 0) is 18.8 Å². The maximum Gasteiger partial charge on any atom is 0.332 e. The zero-order chi connectivity index (χ0) is 9.78. The molecule has 1 atom stereocenters. The Morgan fingerprint density at radius 2 is 2.00 bits per heavy atom. The van der Waals surface area contributed by atoms with Crippen molar-refractivity contribution < 1.29 is 14.6 Å². The highest BCUT2D eigenvalue weighted by Crippen LogP contribution is 2.18. The average molecular weight is 174 g/mol. The molecule has 0 aromatic rings. The van der Waals surface area contributed by atoms with Crippen LogP contribution in [0.4, 0.5) is 0 Å². The molecule has 0 amide bonds. The molecule has 3 nitrogen and oxygen atoms in total. The second-order valence-corrected chi connectivity index (χ2v) is 4.16. The predicted octanol–water partition coefficient (Wildman–Crippen LogP) is 1.91. The minimum atomic E-state index is -0.899. The summed E-state index contributed by atoms with van der Waals surface area (Å²) in [5, 5.41) is 8.49. The van der Waals surface area contributed by atoms with Crippen LogP contribution in [0.2, 0.25) is 0 Å². The van der Waals surface area contributed by atoms with E-state index >= 15 is 0 Å². The number of hydrogen-bond acceptors (Lipinski definition) is 2. The maximum atomic E-state index is 10.3. The van der Waals surface area contributed by atoms with E-state index in [2.05, 4.69) is 20.8 Å². The summed E-state index contributed by atoms with van der Waals surface area (Å²) >= 11 is 0. The monoisotopic (exact) mass is 174 g/mol. The standard InChI is InChI=1S/C9H18O3/c1-7(8(10)11)12-6-5-9(2,3)4/h7H,5-6H2,1-4H3,(H,10,11)/t7-/m0/s1. The maximum absolute atomic E-state index is 10.3. The topological polar surface area (TPSA) is 46.5 Å². The normalized spacial score (nSPS) is 14.3. The molecule has 12 heavy (non-hydrogen) atoms. The van der Waals surface area contributed by atoms with Crippen molar-refractivity contribution in [3.8, 4) is 0 Å². The lowest BCUT2D eigenvalue weighted by atomic mass is 9.93. The van der Waals surface area contributed by atoms with Gasteiger partial charge >= 0.3 is 5.97 Å². The first-order valence-electron chi connectivity index (χ1n) is 4.17. The van der Waals surface area contributed by atoms with Crippen LogP contribution in [-0.4, -0.2) is 23.8 Å². The van der Waals surface area contributed by atoms with Crippen LogP contribution in [0.15, 0.2) is 0 Å². The lowest BCUT2D eigenvalue weighted by Crippen LogP contribution is -2.22. The molecule has 0 bridgehead atoms. The smallest absolute Gasteiger partial charge is 0.332 e. The number of carboxylic acids is 1. The molecule has 3 heteroatoms. The molecule has 0 saturated heterocycles. The van der Waals surface area contributed by atoms with Crippen molar-refractivity contribution in [2.75, 3.05) is 6.61 Å². The quantitative estimate of drug-likeness (QED) is 0.708. The minimum absolute atomic E-state index is 0.207. The summed E-state index contributed by atoms with van der Waals surface area (Å²) in [7, 11) is 0. The van der Waals surface area contributed by atoms with Crippen LogP contribution in [-0.2, 0) is 9.53 Å². The van der Waals surface area contributed by atoms with E-state index in [4.69, 9.17) is 9.84 Å². The van der Waals surface area contributed by atoms with Crippen molar-refractivity contribution in [2.45, 2.75) is 40.2 Å². The molecule has 0 aromatic carbocycles. The number of carbonyl (C=O) groups is 1. The molecule has 0 unspecified atom stereocenters. The molecule has 0 fully saturated rings. The van der Waals surface area contributed by atoms with Crippen molar-refractivity contribution in [2.24, 2.45) is 5.41 Å². The van der Waals surface area contributed by atoms with Crippen molar-refractivity contribution >= 4 is 5.97 Å². The second kappa shape index (κ2) is 4.45. The van der Waals surface area contributed by atoms with Crippen LogP contribution in [0.1, 0.15) is 34.1 Å². The predicted molar refractivity (Wildman–Crippen MR) is 47.1 cm³/mol. The van der Waals surface area contributed by atoms with Crippen LogP contribution < -0.4 is 0 Å². The number of rotatable bonds is 4. The van der Waals surface area contributed by atoms with Gasteiger partial charge in [-0.25, -0.2) is 4.79 Å². The Morgan fingerprint density at radius 3 is 2.33 bits per heavy atom. The van der Waals surface area contributed by atoms with E-state index < -0.39 is 12.1 Å². The molecule has 72 valence electrons. The van der Waals surface area contributed by atoms with Gasteiger partial charge in [0.2, 0.25) is 0 Å². The lowest BCUT2D eigenvalue weighted by molar-refractivity contribution is -0.149. The van der Waals surface area contributed by atoms with E-state index in [9.17, 15) is 4.79 Å². The molecular weight excluding hydrogens is 156 g/mol. The van der Waals surface area contributed by atoms with Crippen LogP contribution in [0.5, 0.6) is 0 Å². The van der Waals surface area contributed by atoms with E-state index in [1.165, 1.54) is 0 Å². The Labute approximate surface area is 73.7 Å². The van der Waals surface area contributed by atoms with E-state index in [1.54, 1.807) is 6.92 Å². The van der Waals surface area contributed by atoms with Crippen LogP contribution in [0.3, 0.4) is 0 Å². The third kappa shape index (κ3) is 6.16. The Hall–Kier alpha value is -0.570. The SMILES string of the molecule is C[C@H](OCCC(C)(C)C)C(=O)O. The summed E-state index contributed by atoms with van der Waals surface area (Å²) in [6.45, 7) is 8.35. The van der Waals surface area contributed by atoms with Crippen molar-refractivity contribution in [3.05, 3.63) is 0 Å². The summed E-state index contributed by atoms with van der Waals surface area (Å²) in [6, 6.07) is 0. The van der Waals surface area contributed by atoms with E-state index in [-0.39, 0.29) is 5.41 Å². The van der Waals surface area contributed by atoms with Crippen LogP contribution in [0, 0.1) is 5.41 Å². The summed E-state index contributed by atoms with van der Waals surface area (Å²) in [5.74, 6) is -0.899. The largest absolute Gasteiger partial charge is 0.479 e. The average Bonchev–Trinajstić information content (AvgIpc) is 1.84. The summed E-state index contributed by atoms with van der Waals surface area (Å²) in [6.07, 6.45) is 0.192. The van der Waals surface area contributed by atoms with Gasteiger partial charge in [0.15, 0.2) is 6.10 Å². The van der Waals surface area contributed by atoms with Crippen molar-refractivity contribution in [3.63, 3.8) is 0 Å². The number of hydrogen-bond donors (Lipinski definition) is 1. The zero-order valence-corrected chi connectivity index (χ0v) is 8.26. The zero-order valence-electron chi connectivity index (χ0n) is 8.26. The molecule has 0 aliphatic carbocycles. The first-order valence-corrected chi connectivity index (χ1v) is 4.17. The van der Waals surface area contributed by atoms with E-state index in [0.29, 0.717) is 6.61 Å². The minimum Gasteiger partial charge on any atom is -0.479 e. The highest BCUT2D eigenvalue weighted by atomic mass is 16.5. The molecule has 0 saturated carbocycles. The second-order valence-electron chi connectivity index (χ2n) is 4.16. The van der Waals surface area contributed by atoms with Gasteiger partial charge in [-0.3, -0.25) is 0 Å². The van der Waals surface area contributed by atoms with Gasteiger partial charge in [0.1, 0.15) is 0 Å². The van der Waals surface area contributed by atoms with E-state index in [1.807, 2.05) is 0 Å². The lowest BCUT2D eigenvalue weighted by Gasteiger charge is -2.18. The van der Waals surface area contributed by atoms with E-state index in [0.717, 1.165) is 6.42 Å². The van der Waals surface area contributed by atoms with Gasteiger partial charge in [-0.1, -0.05) is 20.8 Å². The van der Waals surface area contributed by atoms with Gasteiger partial charge in [0, 0.05) is 6.61 Å². The first-order chi connectivity index (χ1) is 5.33. The molecule has 0 aromatic heterocycles. The van der Waals surface area contributed by atoms with Gasteiger partial charge < -0.3 is 9.84 Å². The first kappa shape index (κ1) is 11.4.